The van der Waals surface area contributed by atoms with Crippen molar-refractivity contribution in [3.63, 3.8) is 0 Å². The van der Waals surface area contributed by atoms with E-state index in [1.807, 2.05) is 12.1 Å². The van der Waals surface area contributed by atoms with Crippen molar-refractivity contribution in [3.8, 4) is 0 Å². The van der Waals surface area contributed by atoms with Gasteiger partial charge in [-0.15, -0.1) is 0 Å². The number of rotatable bonds is 4. The molecular weight excluding hydrogens is 326 g/mol. The van der Waals surface area contributed by atoms with Crippen LogP contribution in [0.4, 0.5) is 5.69 Å². The molecule has 2 amide bonds. The summed E-state index contributed by atoms with van der Waals surface area (Å²) in [6.07, 6.45) is 1.38. The van der Waals surface area contributed by atoms with E-state index in [0.29, 0.717) is 22.2 Å². The Bertz CT molecular complexity index is 755. The molecule has 2 aromatic rings. The summed E-state index contributed by atoms with van der Waals surface area (Å²) in [5.41, 5.74) is 4.52. The van der Waals surface area contributed by atoms with E-state index in [1.54, 1.807) is 36.4 Å². The van der Waals surface area contributed by atoms with Gasteiger partial charge >= 0.3 is 11.8 Å². The predicted octanol–water partition coefficient (Wildman–Crippen LogP) is 3.55. The number of nitrogens with zero attached hydrogens (tertiary/aromatic N) is 1. The molecule has 0 aliphatic carbocycles. The Labute approximate surface area is 145 Å². The smallest absolute Gasteiger partial charge is 0.318 e. The molecule has 124 valence electrons. The van der Waals surface area contributed by atoms with Gasteiger partial charge in [0.25, 0.3) is 0 Å². The van der Waals surface area contributed by atoms with Gasteiger partial charge in [0, 0.05) is 16.3 Å². The van der Waals surface area contributed by atoms with Gasteiger partial charge in [-0.25, -0.2) is 5.43 Å². The molecule has 0 aliphatic heterocycles. The van der Waals surface area contributed by atoms with Crippen LogP contribution in [-0.4, -0.2) is 18.0 Å². The average molecular weight is 344 g/mol. The van der Waals surface area contributed by atoms with Crippen molar-refractivity contribution in [3.05, 3.63) is 64.7 Å². The van der Waals surface area contributed by atoms with E-state index >= 15 is 0 Å². The number of hydrazone groups is 1. The summed E-state index contributed by atoms with van der Waals surface area (Å²) in [7, 11) is 0. The highest BCUT2D eigenvalue weighted by atomic mass is 35.5. The van der Waals surface area contributed by atoms with Gasteiger partial charge in [-0.3, -0.25) is 9.59 Å². The van der Waals surface area contributed by atoms with Crippen molar-refractivity contribution in [2.24, 2.45) is 5.10 Å². The van der Waals surface area contributed by atoms with Gasteiger partial charge in [-0.05, 0) is 29.7 Å². The molecule has 0 heterocycles. The molecule has 2 aromatic carbocycles. The standard InChI is InChI=1S/C18H18ClN3O2/c1-12(2)13-7-9-15(10-8-13)21-17(23)18(24)22-20-11-14-5-3-4-6-16(14)19/h3-12H,1-2H3,(H,21,23)(H,22,24)/b20-11+. The van der Waals surface area contributed by atoms with Crippen LogP contribution in [0.15, 0.2) is 53.6 Å². The fourth-order valence-corrected chi connectivity index (χ4v) is 2.11. The van der Waals surface area contributed by atoms with Crippen LogP contribution < -0.4 is 10.7 Å². The van der Waals surface area contributed by atoms with E-state index in [1.165, 1.54) is 6.21 Å². The number of benzene rings is 2. The monoisotopic (exact) mass is 343 g/mol. The SMILES string of the molecule is CC(C)c1ccc(NC(=O)C(=O)N/N=C/c2ccccc2Cl)cc1. The number of anilines is 1. The maximum absolute atomic E-state index is 11.8. The summed E-state index contributed by atoms with van der Waals surface area (Å²) in [6, 6.07) is 14.4. The lowest BCUT2D eigenvalue weighted by molar-refractivity contribution is -0.136. The van der Waals surface area contributed by atoms with Gasteiger partial charge in [-0.1, -0.05) is 55.8 Å². The van der Waals surface area contributed by atoms with Gasteiger partial charge in [0.05, 0.1) is 6.21 Å². The number of nitrogens with one attached hydrogen (secondary N) is 2. The zero-order valence-electron chi connectivity index (χ0n) is 13.4. The molecular formula is C18H18ClN3O2. The first-order valence-electron chi connectivity index (χ1n) is 7.46. The number of amides is 2. The van der Waals surface area contributed by atoms with Crippen LogP contribution in [0, 0.1) is 0 Å². The summed E-state index contributed by atoms with van der Waals surface area (Å²) in [6.45, 7) is 4.16. The molecule has 0 aromatic heterocycles. The molecule has 0 bridgehead atoms. The van der Waals surface area contributed by atoms with E-state index in [-0.39, 0.29) is 0 Å². The minimum Gasteiger partial charge on any atom is -0.318 e. The van der Waals surface area contributed by atoms with Crippen molar-refractivity contribution in [2.75, 3.05) is 5.32 Å². The molecule has 0 radical (unpaired) electrons. The first kappa shape index (κ1) is 17.7. The quantitative estimate of drug-likeness (QED) is 0.506. The summed E-state index contributed by atoms with van der Waals surface area (Å²) in [5.74, 6) is -1.24. The van der Waals surface area contributed by atoms with E-state index < -0.39 is 11.8 Å². The van der Waals surface area contributed by atoms with E-state index in [4.69, 9.17) is 11.6 Å². The Hall–Kier alpha value is -2.66. The van der Waals surface area contributed by atoms with Gasteiger partial charge in [0.2, 0.25) is 0 Å². The minimum absolute atomic E-state index is 0.400. The van der Waals surface area contributed by atoms with Gasteiger partial charge < -0.3 is 5.32 Å². The Kier molecular flexibility index (Phi) is 6.09. The zero-order valence-corrected chi connectivity index (χ0v) is 14.2. The van der Waals surface area contributed by atoms with Crippen LogP contribution in [0.2, 0.25) is 5.02 Å². The third-order valence-electron chi connectivity index (χ3n) is 3.32. The van der Waals surface area contributed by atoms with Crippen molar-refractivity contribution in [1.29, 1.82) is 0 Å². The largest absolute Gasteiger partial charge is 0.329 e. The number of halogens is 1. The van der Waals surface area contributed by atoms with E-state index in [2.05, 4.69) is 29.7 Å². The van der Waals surface area contributed by atoms with Gasteiger partial charge in [0.1, 0.15) is 0 Å². The second-order valence-electron chi connectivity index (χ2n) is 5.45. The molecule has 2 rings (SSSR count). The summed E-state index contributed by atoms with van der Waals surface area (Å²) in [5, 5.41) is 6.75. The van der Waals surface area contributed by atoms with Crippen molar-refractivity contribution < 1.29 is 9.59 Å². The van der Waals surface area contributed by atoms with Crippen molar-refractivity contribution in [2.45, 2.75) is 19.8 Å². The van der Waals surface area contributed by atoms with Crippen LogP contribution in [0.3, 0.4) is 0 Å². The first-order valence-corrected chi connectivity index (χ1v) is 7.84. The Morgan fingerprint density at radius 3 is 2.33 bits per heavy atom. The minimum atomic E-state index is -0.855. The molecule has 2 N–H and O–H groups in total. The normalized spacial score (nSPS) is 10.8. The molecule has 6 heteroatoms. The zero-order chi connectivity index (χ0) is 17.5. The third-order valence-corrected chi connectivity index (χ3v) is 3.66. The fraction of sp³-hybridized carbons (Fsp3) is 0.167. The lowest BCUT2D eigenvalue weighted by Gasteiger charge is -2.07. The highest BCUT2D eigenvalue weighted by molar-refractivity contribution is 6.39. The van der Waals surface area contributed by atoms with Crippen LogP contribution in [0.1, 0.15) is 30.9 Å². The molecule has 24 heavy (non-hydrogen) atoms. The summed E-state index contributed by atoms with van der Waals surface area (Å²) >= 11 is 5.96. The Morgan fingerprint density at radius 1 is 1.04 bits per heavy atom. The number of hydrogen-bond acceptors (Lipinski definition) is 3. The predicted molar refractivity (Wildman–Crippen MR) is 96.3 cm³/mol. The summed E-state index contributed by atoms with van der Waals surface area (Å²) < 4.78 is 0. The van der Waals surface area contributed by atoms with Crippen LogP contribution in [0.25, 0.3) is 0 Å². The first-order chi connectivity index (χ1) is 11.5. The van der Waals surface area contributed by atoms with Crippen molar-refractivity contribution >= 4 is 35.3 Å². The number of hydrogen-bond donors (Lipinski definition) is 2. The molecule has 0 unspecified atom stereocenters. The van der Waals surface area contributed by atoms with Gasteiger partial charge in [0.15, 0.2) is 0 Å². The molecule has 0 saturated carbocycles. The molecule has 0 spiro atoms. The fourth-order valence-electron chi connectivity index (χ4n) is 1.93. The third kappa shape index (κ3) is 4.93. The van der Waals surface area contributed by atoms with E-state index in [0.717, 1.165) is 5.56 Å². The molecule has 0 aliphatic rings. The molecule has 0 saturated heterocycles. The Morgan fingerprint density at radius 2 is 1.71 bits per heavy atom. The average Bonchev–Trinajstić information content (AvgIpc) is 2.57. The maximum Gasteiger partial charge on any atom is 0.329 e. The second-order valence-corrected chi connectivity index (χ2v) is 5.86. The number of carbonyl (C=O) groups excluding carboxylic acids is 2. The lowest BCUT2D eigenvalue weighted by atomic mass is 10.0. The topological polar surface area (TPSA) is 70.6 Å². The molecule has 0 atom stereocenters. The van der Waals surface area contributed by atoms with Crippen LogP contribution in [0.5, 0.6) is 0 Å². The Balaban J connectivity index is 1.90. The summed E-state index contributed by atoms with van der Waals surface area (Å²) in [4.78, 5) is 23.5. The highest BCUT2D eigenvalue weighted by Crippen LogP contribution is 2.17. The number of carbonyl (C=O) groups is 2. The highest BCUT2D eigenvalue weighted by Gasteiger charge is 2.13. The molecule has 0 fully saturated rings. The van der Waals surface area contributed by atoms with Crippen LogP contribution >= 0.6 is 11.6 Å². The second kappa shape index (κ2) is 8.26. The molecule has 5 nitrogen and oxygen atoms in total. The maximum atomic E-state index is 11.8. The lowest BCUT2D eigenvalue weighted by Crippen LogP contribution is -2.32. The van der Waals surface area contributed by atoms with Crippen LogP contribution in [-0.2, 0) is 9.59 Å². The van der Waals surface area contributed by atoms with E-state index in [9.17, 15) is 9.59 Å². The van der Waals surface area contributed by atoms with Crippen molar-refractivity contribution in [1.82, 2.24) is 5.43 Å². The van der Waals surface area contributed by atoms with Gasteiger partial charge in [-0.2, -0.15) is 5.10 Å².